The molecule has 3 aliphatic heterocycles. The van der Waals surface area contributed by atoms with Crippen LogP contribution < -0.4 is 22.5 Å². The van der Waals surface area contributed by atoms with Crippen molar-refractivity contribution >= 4 is 58.7 Å². The molecule has 0 radical (unpaired) electrons. The molecule has 5 rings (SSSR count). The number of aromatic nitrogens is 4. The van der Waals surface area contributed by atoms with E-state index < -0.39 is 40.3 Å². The van der Waals surface area contributed by atoms with E-state index in [2.05, 4.69) is 9.97 Å². The van der Waals surface area contributed by atoms with Gasteiger partial charge in [0.2, 0.25) is 0 Å². The van der Waals surface area contributed by atoms with Gasteiger partial charge in [-0.3, -0.25) is 23.7 Å². The molecule has 3 saturated heterocycles. The molecule has 9 atom stereocenters. The third-order valence-electron chi connectivity index (χ3n) is 5.92. The predicted octanol–water partition coefficient (Wildman–Crippen LogP) is 2.94. The minimum Gasteiger partial charge on any atom is -0.394 e. The Morgan fingerprint density at radius 3 is 1.67 bits per heavy atom. The summed E-state index contributed by atoms with van der Waals surface area (Å²) >= 11 is 4.47. The number of ether oxygens (including phenoxy) is 3. The number of aliphatic hydroxyl groups is 1. The Morgan fingerprint density at radius 2 is 1.26 bits per heavy atom. The number of thioether (sulfide) groups is 3. The van der Waals surface area contributed by atoms with Crippen molar-refractivity contribution in [1.29, 1.82) is 0 Å². The first kappa shape index (κ1) is 42.6. The second kappa shape index (κ2) is 20.8. The van der Waals surface area contributed by atoms with Gasteiger partial charge in [-0.1, -0.05) is 63.8 Å². The zero-order valence-electron chi connectivity index (χ0n) is 24.0. The first-order valence-corrected chi connectivity index (χ1v) is 21.6. The van der Waals surface area contributed by atoms with Gasteiger partial charge >= 0.3 is 50.3 Å². The molecule has 9 unspecified atom stereocenters. The van der Waals surface area contributed by atoms with Crippen LogP contribution in [0, 0.1) is 0 Å². The Kier molecular flexibility index (Phi) is 19.3. The average Bonchev–Trinajstić information content (AvgIpc) is 3.74. The molecule has 3 N–H and O–H groups in total. The Morgan fingerprint density at radius 1 is 0.783 bits per heavy atom. The van der Waals surface area contributed by atoms with Crippen LogP contribution in [-0.4, -0.2) is 102 Å². The minimum absolute atomic E-state index is 0. The molecule has 0 amide bonds. The molecule has 2 aromatic heterocycles. The van der Waals surface area contributed by atoms with Gasteiger partial charge < -0.3 is 24.3 Å². The van der Waals surface area contributed by atoms with Gasteiger partial charge in [0.15, 0.2) is 0 Å². The van der Waals surface area contributed by atoms with Gasteiger partial charge in [0.1, 0.15) is 20.0 Å². The van der Waals surface area contributed by atoms with Gasteiger partial charge in [-0.15, -0.1) is 0 Å². The molecule has 0 bridgehead atoms. The maximum Gasteiger partial charge on any atom is 0.378 e. The molecular formula is C25H42N4O11P3S3+3. The summed E-state index contributed by atoms with van der Waals surface area (Å²) in [5.41, 5.74) is -1.67. The highest BCUT2D eigenvalue weighted by Crippen LogP contribution is 2.41. The zero-order chi connectivity index (χ0) is 32.4. The van der Waals surface area contributed by atoms with E-state index >= 15 is 0 Å². The summed E-state index contributed by atoms with van der Waals surface area (Å²) in [6.07, 6.45) is 2.26. The van der Waals surface area contributed by atoms with E-state index in [-0.39, 0.29) is 67.4 Å². The SMILES string of the molecule is C.C.C[P+](=O)C1OC(CO)CS1.C[P+](=O)C1OC(Cn2c(=O)cc[nH]c2=O)CS1.C[P+](=O)C1OC(Cn2ccc(=O)[nH]c2=O)CS1. The smallest absolute Gasteiger partial charge is 0.378 e. The van der Waals surface area contributed by atoms with Crippen LogP contribution in [0.5, 0.6) is 0 Å². The van der Waals surface area contributed by atoms with Crippen LogP contribution in [0.2, 0.25) is 0 Å². The monoisotopic (exact) mass is 763 g/mol. The number of hydrogen-bond acceptors (Lipinski definition) is 14. The molecule has 21 heteroatoms. The fraction of sp³-hybridized carbons (Fsp3) is 0.680. The standard InChI is InChI=1S/2C9H11N2O4PS.C5H10O3PS.2CH4/c1-16(14)9-15-6(5-17-9)4-11-3-2-7(12)10-8(11)13;1-16(14)9-15-6(5-17-9)4-11-7(12)2-3-10-8(11)13;1-9(7)5-8-4(2-6)3-10-5;;/h2*2-3,6,9H,4-5H2,1H3;4-6H,2-3H2,1H3;2*1H4/q;;+1;;/p+2. The van der Waals surface area contributed by atoms with Crippen molar-refractivity contribution < 1.29 is 33.0 Å². The zero-order valence-corrected chi connectivity index (χ0v) is 29.1. The molecule has 3 aliphatic rings. The number of nitrogens with one attached hydrogen (secondary N) is 2. The molecule has 0 aliphatic carbocycles. The lowest BCUT2D eigenvalue weighted by molar-refractivity contribution is 0.0542. The van der Waals surface area contributed by atoms with Gasteiger partial charge in [0.05, 0.1) is 38.0 Å². The number of hydrogen-bond donors (Lipinski definition) is 3. The van der Waals surface area contributed by atoms with E-state index in [4.69, 9.17) is 19.3 Å². The van der Waals surface area contributed by atoms with Crippen molar-refractivity contribution in [2.24, 2.45) is 0 Å². The topological polar surface area (TPSA) is 209 Å². The summed E-state index contributed by atoms with van der Waals surface area (Å²) in [7, 11) is -4.03. The number of aromatic amines is 2. The molecular weight excluding hydrogens is 721 g/mol. The number of aliphatic hydroxyl groups excluding tert-OH is 1. The largest absolute Gasteiger partial charge is 0.394 e. The van der Waals surface area contributed by atoms with Crippen LogP contribution in [0.15, 0.2) is 43.7 Å². The van der Waals surface area contributed by atoms with E-state index in [0.29, 0.717) is 18.1 Å². The van der Waals surface area contributed by atoms with Crippen LogP contribution >= 0.6 is 58.7 Å². The van der Waals surface area contributed by atoms with Crippen LogP contribution in [-0.2, 0) is 41.0 Å². The van der Waals surface area contributed by atoms with Gasteiger partial charge in [0.25, 0.3) is 11.1 Å². The highest BCUT2D eigenvalue weighted by Gasteiger charge is 2.38. The molecule has 46 heavy (non-hydrogen) atoms. The maximum absolute atomic E-state index is 11.5. The van der Waals surface area contributed by atoms with E-state index in [1.807, 2.05) is 0 Å². The van der Waals surface area contributed by atoms with E-state index in [1.54, 1.807) is 20.0 Å². The lowest BCUT2D eigenvalue weighted by Gasteiger charge is -2.09. The molecule has 0 saturated carbocycles. The molecule has 3 fully saturated rings. The fourth-order valence-corrected chi connectivity index (χ4v) is 10.5. The third kappa shape index (κ3) is 13.2. The molecule has 0 spiro atoms. The second-order valence-electron chi connectivity index (χ2n) is 9.51. The Balaban J connectivity index is 0.000000349. The molecule has 15 nitrogen and oxygen atoms in total. The first-order chi connectivity index (χ1) is 20.9. The van der Waals surface area contributed by atoms with Gasteiger partial charge in [0, 0.05) is 41.8 Å². The quantitative estimate of drug-likeness (QED) is 0.331. The Bertz CT molecular complexity index is 1520. The lowest BCUT2D eigenvalue weighted by Crippen LogP contribution is -2.38. The van der Waals surface area contributed by atoms with E-state index in [1.165, 1.54) is 64.4 Å². The predicted molar refractivity (Wildman–Crippen MR) is 187 cm³/mol. The molecule has 2 aromatic rings. The number of H-pyrrole nitrogens is 2. The summed E-state index contributed by atoms with van der Waals surface area (Å²) < 4.78 is 52.0. The van der Waals surface area contributed by atoms with Crippen LogP contribution in [0.3, 0.4) is 0 Å². The summed E-state index contributed by atoms with van der Waals surface area (Å²) in [6.45, 7) is 5.47. The summed E-state index contributed by atoms with van der Waals surface area (Å²) in [4.78, 5) is 49.8. The van der Waals surface area contributed by atoms with Crippen molar-refractivity contribution in [2.45, 2.75) is 61.8 Å². The summed E-state index contributed by atoms with van der Waals surface area (Å²) in [5.74, 6) is 2.10. The molecule has 258 valence electrons. The van der Waals surface area contributed by atoms with Crippen LogP contribution in [0.25, 0.3) is 0 Å². The van der Waals surface area contributed by atoms with Gasteiger partial charge in [-0.05, 0) is 0 Å². The fourth-order valence-electron chi connectivity index (χ4n) is 3.79. The maximum atomic E-state index is 11.5. The second-order valence-corrected chi connectivity index (χ2v) is 18.5. The Labute approximate surface area is 281 Å². The van der Waals surface area contributed by atoms with Crippen LogP contribution in [0.4, 0.5) is 0 Å². The van der Waals surface area contributed by atoms with Crippen molar-refractivity contribution in [3.05, 3.63) is 66.2 Å². The third-order valence-corrected chi connectivity index (χ3v) is 15.0. The number of nitrogens with zero attached hydrogens (tertiary/aromatic N) is 2. The van der Waals surface area contributed by atoms with Crippen molar-refractivity contribution in [3.8, 4) is 0 Å². The van der Waals surface area contributed by atoms with Gasteiger partial charge in [-0.2, -0.15) is 0 Å². The number of rotatable bonds is 8. The first-order valence-electron chi connectivity index (χ1n) is 13.1. The van der Waals surface area contributed by atoms with Crippen molar-refractivity contribution in [1.82, 2.24) is 19.1 Å². The van der Waals surface area contributed by atoms with Crippen LogP contribution in [0.1, 0.15) is 14.9 Å². The Hall–Kier alpha value is -1.45. The van der Waals surface area contributed by atoms with Crippen molar-refractivity contribution in [3.63, 3.8) is 0 Å². The average molecular weight is 764 g/mol. The summed E-state index contributed by atoms with van der Waals surface area (Å²) in [5, 5.41) is 7.84. The highest BCUT2D eigenvalue weighted by molar-refractivity contribution is 8.05. The highest BCUT2D eigenvalue weighted by atomic mass is 32.2. The summed E-state index contributed by atoms with van der Waals surface area (Å²) in [6, 6.07) is 2.59. The lowest BCUT2D eigenvalue weighted by atomic mass is 10.4. The minimum atomic E-state index is -1.40. The van der Waals surface area contributed by atoms with E-state index in [9.17, 15) is 32.9 Å². The molecule has 5 heterocycles. The molecule has 0 aromatic carbocycles. The van der Waals surface area contributed by atoms with Crippen molar-refractivity contribution in [2.75, 3.05) is 43.9 Å². The normalized spacial score (nSPS) is 25.9. The van der Waals surface area contributed by atoms with E-state index in [0.717, 1.165) is 10.3 Å². The van der Waals surface area contributed by atoms with Gasteiger partial charge in [-0.25, -0.2) is 9.59 Å².